The van der Waals surface area contributed by atoms with Crippen molar-refractivity contribution >= 4 is 5.97 Å². The minimum absolute atomic E-state index is 0.167. The summed E-state index contributed by atoms with van der Waals surface area (Å²) in [5.41, 5.74) is 0. The number of aliphatic hydroxyl groups is 1. The van der Waals surface area contributed by atoms with Crippen molar-refractivity contribution < 1.29 is 15.0 Å². The van der Waals surface area contributed by atoms with Crippen LogP contribution < -0.4 is 0 Å². The van der Waals surface area contributed by atoms with Crippen molar-refractivity contribution in [1.29, 1.82) is 0 Å². The zero-order valence-electron chi connectivity index (χ0n) is 16.9. The molecule has 0 aromatic heterocycles. The van der Waals surface area contributed by atoms with E-state index in [1.54, 1.807) is 13.8 Å². The predicted octanol–water partition coefficient (Wildman–Crippen LogP) is 6.58. The molecule has 24 heavy (non-hydrogen) atoms. The second-order valence-electron chi connectivity index (χ2n) is 7.66. The second-order valence-corrected chi connectivity index (χ2v) is 7.66. The molecule has 0 aliphatic heterocycles. The van der Waals surface area contributed by atoms with E-state index >= 15 is 0 Å². The van der Waals surface area contributed by atoms with Gasteiger partial charge in [-0.15, -0.1) is 0 Å². The first-order valence-electron chi connectivity index (χ1n) is 10.3. The molecule has 3 heteroatoms. The van der Waals surface area contributed by atoms with Gasteiger partial charge >= 0.3 is 5.97 Å². The van der Waals surface area contributed by atoms with Crippen LogP contribution in [0.1, 0.15) is 118 Å². The first kappa shape index (κ1) is 25.7. The molecule has 0 unspecified atom stereocenters. The fraction of sp³-hybridized carbons (Fsp3) is 0.952. The highest BCUT2D eigenvalue weighted by molar-refractivity contribution is 5.66. The predicted molar refractivity (Wildman–Crippen MR) is 104 cm³/mol. The van der Waals surface area contributed by atoms with Gasteiger partial charge in [0.25, 0.3) is 0 Å². The summed E-state index contributed by atoms with van der Waals surface area (Å²) < 4.78 is 0. The molecule has 0 spiro atoms. The summed E-state index contributed by atoms with van der Waals surface area (Å²) in [5, 5.41) is 16.6. The maximum absolute atomic E-state index is 10.3. The summed E-state index contributed by atoms with van der Waals surface area (Å²) in [5.74, 6) is 0.212. The molecule has 0 aromatic carbocycles. The van der Waals surface area contributed by atoms with Crippen LogP contribution in [-0.2, 0) is 4.79 Å². The maximum atomic E-state index is 10.3. The van der Waals surface area contributed by atoms with Crippen LogP contribution in [0.2, 0.25) is 0 Å². The molecule has 0 aromatic rings. The number of aliphatic hydroxyl groups excluding tert-OH is 1. The van der Waals surface area contributed by atoms with Gasteiger partial charge in [-0.25, -0.2) is 0 Å². The van der Waals surface area contributed by atoms with Gasteiger partial charge < -0.3 is 10.2 Å². The Kier molecular flexibility index (Phi) is 21.9. The van der Waals surface area contributed by atoms with E-state index in [9.17, 15) is 4.79 Å². The summed E-state index contributed by atoms with van der Waals surface area (Å²) in [6, 6.07) is 0. The van der Waals surface area contributed by atoms with Crippen LogP contribution in [0.3, 0.4) is 0 Å². The fourth-order valence-electron chi connectivity index (χ4n) is 2.60. The molecule has 0 saturated carbocycles. The van der Waals surface area contributed by atoms with Crippen molar-refractivity contribution in [3.63, 3.8) is 0 Å². The molecule has 146 valence electrons. The summed E-state index contributed by atoms with van der Waals surface area (Å²) in [6.45, 7) is 8.06. The lowest BCUT2D eigenvalue weighted by molar-refractivity contribution is -0.137. The third kappa shape index (κ3) is 33.1. The molecule has 0 aliphatic carbocycles. The summed E-state index contributed by atoms with van der Waals surface area (Å²) >= 11 is 0. The maximum Gasteiger partial charge on any atom is 0.303 e. The molecule has 2 N–H and O–H groups in total. The standard InChI is InChI=1S/C18H36O2.C3H8O/c1-17(2)15-13-11-9-7-5-3-4-6-8-10-12-14-16-18(19)20;1-3(2)4/h17H,3-16H2,1-2H3,(H,19,20);3-4H,1-2H3. The highest BCUT2D eigenvalue weighted by Gasteiger charge is 1.97. The second kappa shape index (κ2) is 20.5. The average Bonchev–Trinajstić information content (AvgIpc) is 2.46. The van der Waals surface area contributed by atoms with Crippen LogP contribution in [-0.4, -0.2) is 22.3 Å². The number of aliphatic carboxylic acids is 1. The van der Waals surface area contributed by atoms with Gasteiger partial charge in [-0.2, -0.15) is 0 Å². The van der Waals surface area contributed by atoms with Gasteiger partial charge in [0.05, 0.1) is 0 Å². The van der Waals surface area contributed by atoms with Crippen molar-refractivity contribution in [3.8, 4) is 0 Å². The Morgan fingerprint density at radius 2 is 0.958 bits per heavy atom. The largest absolute Gasteiger partial charge is 0.481 e. The molecular formula is C21H44O3. The molecule has 0 atom stereocenters. The molecular weight excluding hydrogens is 300 g/mol. The van der Waals surface area contributed by atoms with E-state index in [4.69, 9.17) is 10.2 Å². The van der Waals surface area contributed by atoms with E-state index in [1.165, 1.54) is 70.6 Å². The topological polar surface area (TPSA) is 57.5 Å². The van der Waals surface area contributed by atoms with Gasteiger partial charge in [-0.1, -0.05) is 90.9 Å². The first-order chi connectivity index (χ1) is 11.4. The SMILES string of the molecule is CC(C)CCCCCCCCCCCCCCC(=O)O.CC(C)O. The monoisotopic (exact) mass is 344 g/mol. The van der Waals surface area contributed by atoms with Crippen LogP contribution in [0.15, 0.2) is 0 Å². The summed E-state index contributed by atoms with van der Waals surface area (Å²) in [4.78, 5) is 10.3. The van der Waals surface area contributed by atoms with Crippen molar-refractivity contribution in [2.24, 2.45) is 5.92 Å². The highest BCUT2D eigenvalue weighted by atomic mass is 16.4. The van der Waals surface area contributed by atoms with Crippen LogP contribution in [0.4, 0.5) is 0 Å². The average molecular weight is 345 g/mol. The number of rotatable bonds is 15. The first-order valence-corrected chi connectivity index (χ1v) is 10.3. The van der Waals surface area contributed by atoms with Crippen molar-refractivity contribution in [3.05, 3.63) is 0 Å². The molecule has 3 nitrogen and oxygen atoms in total. The number of unbranched alkanes of at least 4 members (excludes halogenated alkanes) is 11. The van der Waals surface area contributed by atoms with Crippen LogP contribution >= 0.6 is 0 Å². The van der Waals surface area contributed by atoms with E-state index < -0.39 is 5.97 Å². The normalized spacial score (nSPS) is 10.8. The molecule has 0 radical (unpaired) electrons. The van der Waals surface area contributed by atoms with Crippen LogP contribution in [0.25, 0.3) is 0 Å². The lowest BCUT2D eigenvalue weighted by Gasteiger charge is -2.04. The quantitative estimate of drug-likeness (QED) is 0.330. The smallest absolute Gasteiger partial charge is 0.303 e. The number of carboxylic acids is 1. The number of carboxylic acid groups (broad SMARTS) is 1. The van der Waals surface area contributed by atoms with E-state index in [-0.39, 0.29) is 6.10 Å². The zero-order chi connectivity index (χ0) is 18.6. The lowest BCUT2D eigenvalue weighted by atomic mass is 10.0. The molecule has 0 saturated heterocycles. The van der Waals surface area contributed by atoms with E-state index in [0.717, 1.165) is 18.8 Å². The van der Waals surface area contributed by atoms with Gasteiger partial charge in [0, 0.05) is 12.5 Å². The highest BCUT2D eigenvalue weighted by Crippen LogP contribution is 2.14. The summed E-state index contributed by atoms with van der Waals surface area (Å²) in [7, 11) is 0. The molecule has 0 amide bonds. The van der Waals surface area contributed by atoms with Crippen molar-refractivity contribution in [1.82, 2.24) is 0 Å². The Morgan fingerprint density at radius 3 is 1.25 bits per heavy atom. The molecule has 0 fully saturated rings. The number of hydrogen-bond acceptors (Lipinski definition) is 2. The van der Waals surface area contributed by atoms with Crippen molar-refractivity contribution in [2.75, 3.05) is 0 Å². The van der Waals surface area contributed by atoms with Crippen LogP contribution in [0, 0.1) is 5.92 Å². The van der Waals surface area contributed by atoms with E-state index in [2.05, 4.69) is 13.8 Å². The Balaban J connectivity index is 0. The van der Waals surface area contributed by atoms with Gasteiger partial charge in [-0.05, 0) is 26.2 Å². The lowest BCUT2D eigenvalue weighted by Crippen LogP contribution is -1.93. The zero-order valence-corrected chi connectivity index (χ0v) is 16.9. The fourth-order valence-corrected chi connectivity index (χ4v) is 2.60. The van der Waals surface area contributed by atoms with Gasteiger partial charge in [0.1, 0.15) is 0 Å². The minimum atomic E-state index is -0.654. The van der Waals surface area contributed by atoms with E-state index in [1.807, 2.05) is 0 Å². The van der Waals surface area contributed by atoms with E-state index in [0.29, 0.717) is 6.42 Å². The number of carbonyl (C=O) groups is 1. The Labute approximate surface area is 151 Å². The molecule has 0 aliphatic rings. The van der Waals surface area contributed by atoms with Gasteiger partial charge in [0.15, 0.2) is 0 Å². The molecule has 0 bridgehead atoms. The minimum Gasteiger partial charge on any atom is -0.481 e. The third-order valence-corrected chi connectivity index (χ3v) is 3.92. The Bertz CT molecular complexity index is 247. The summed E-state index contributed by atoms with van der Waals surface area (Å²) in [6.07, 6.45) is 17.2. The Hall–Kier alpha value is -0.570. The third-order valence-electron chi connectivity index (χ3n) is 3.92. The van der Waals surface area contributed by atoms with Gasteiger partial charge in [-0.3, -0.25) is 4.79 Å². The van der Waals surface area contributed by atoms with Crippen LogP contribution in [0.5, 0.6) is 0 Å². The molecule has 0 heterocycles. The Morgan fingerprint density at radius 1 is 0.667 bits per heavy atom. The van der Waals surface area contributed by atoms with Crippen molar-refractivity contribution in [2.45, 2.75) is 124 Å². The number of hydrogen-bond donors (Lipinski definition) is 2. The molecule has 0 rings (SSSR count). The van der Waals surface area contributed by atoms with Gasteiger partial charge in [0.2, 0.25) is 0 Å².